The van der Waals surface area contributed by atoms with Crippen LogP contribution in [0.4, 0.5) is 0 Å². The minimum absolute atomic E-state index is 0.198. The summed E-state index contributed by atoms with van der Waals surface area (Å²) < 4.78 is 0. The standard InChI is InChI=1S/C11H21NO2S/c1-3-6-12(8-11(13)14)10-5-4-7-15-9(10)2/h9-10H,3-8H2,1-2H3,(H,13,14). The largest absolute Gasteiger partial charge is 0.480 e. The summed E-state index contributed by atoms with van der Waals surface area (Å²) in [5.74, 6) is 0.524. The molecule has 2 unspecified atom stereocenters. The van der Waals surface area contributed by atoms with Gasteiger partial charge < -0.3 is 5.11 Å². The topological polar surface area (TPSA) is 40.5 Å². The molecule has 1 aliphatic heterocycles. The van der Waals surface area contributed by atoms with Gasteiger partial charge in [0.1, 0.15) is 0 Å². The Bertz CT molecular complexity index is 211. The minimum atomic E-state index is -0.703. The van der Waals surface area contributed by atoms with Crippen LogP contribution in [-0.4, -0.2) is 46.1 Å². The van der Waals surface area contributed by atoms with Crippen molar-refractivity contribution in [1.29, 1.82) is 0 Å². The number of aliphatic carboxylic acids is 1. The molecule has 4 heteroatoms. The van der Waals surface area contributed by atoms with Crippen molar-refractivity contribution < 1.29 is 9.90 Å². The molecule has 1 N–H and O–H groups in total. The lowest BCUT2D eigenvalue weighted by Crippen LogP contribution is -2.46. The molecule has 0 saturated carbocycles. The predicted molar refractivity (Wildman–Crippen MR) is 64.4 cm³/mol. The predicted octanol–water partition coefficient (Wildman–Crippen LogP) is 2.07. The fraction of sp³-hybridized carbons (Fsp3) is 0.909. The first-order valence-electron chi connectivity index (χ1n) is 5.72. The number of thioether (sulfide) groups is 1. The van der Waals surface area contributed by atoms with Crippen LogP contribution in [0.15, 0.2) is 0 Å². The lowest BCUT2D eigenvalue weighted by molar-refractivity contribution is -0.139. The second kappa shape index (κ2) is 6.38. The Balaban J connectivity index is 2.55. The molecule has 15 heavy (non-hydrogen) atoms. The molecular weight excluding hydrogens is 210 g/mol. The van der Waals surface area contributed by atoms with Crippen LogP contribution in [-0.2, 0) is 4.79 Å². The monoisotopic (exact) mass is 231 g/mol. The van der Waals surface area contributed by atoms with Gasteiger partial charge in [0.05, 0.1) is 6.54 Å². The van der Waals surface area contributed by atoms with Crippen LogP contribution in [0.1, 0.15) is 33.1 Å². The van der Waals surface area contributed by atoms with Crippen LogP contribution in [0.5, 0.6) is 0 Å². The van der Waals surface area contributed by atoms with E-state index in [1.165, 1.54) is 12.2 Å². The number of carboxylic acids is 1. The Labute approximate surface area is 96.2 Å². The third-order valence-corrected chi connectivity index (χ3v) is 4.25. The lowest BCUT2D eigenvalue weighted by atomic mass is 10.1. The summed E-state index contributed by atoms with van der Waals surface area (Å²) in [6.07, 6.45) is 3.40. The van der Waals surface area contributed by atoms with Crippen molar-refractivity contribution >= 4 is 17.7 Å². The maximum atomic E-state index is 10.8. The average molecular weight is 231 g/mol. The van der Waals surface area contributed by atoms with Crippen molar-refractivity contribution in [1.82, 2.24) is 4.90 Å². The molecule has 2 atom stereocenters. The van der Waals surface area contributed by atoms with Crippen molar-refractivity contribution in [2.45, 2.75) is 44.4 Å². The molecule has 1 rings (SSSR count). The summed E-state index contributed by atoms with van der Waals surface area (Å²) in [4.78, 5) is 12.9. The quantitative estimate of drug-likeness (QED) is 0.786. The normalized spacial score (nSPS) is 26.9. The first-order chi connectivity index (χ1) is 7.15. The summed E-state index contributed by atoms with van der Waals surface area (Å²) in [6, 6.07) is 0.458. The first-order valence-corrected chi connectivity index (χ1v) is 6.77. The number of carboxylic acid groups (broad SMARTS) is 1. The molecule has 0 aromatic carbocycles. The minimum Gasteiger partial charge on any atom is -0.480 e. The molecule has 0 aromatic heterocycles. The lowest BCUT2D eigenvalue weighted by Gasteiger charge is -2.37. The Morgan fingerprint density at radius 1 is 1.60 bits per heavy atom. The molecule has 0 aromatic rings. The third kappa shape index (κ3) is 4.03. The number of hydrogen-bond donors (Lipinski definition) is 1. The first kappa shape index (κ1) is 12.8. The van der Waals surface area contributed by atoms with Gasteiger partial charge in [0.15, 0.2) is 0 Å². The van der Waals surface area contributed by atoms with Gasteiger partial charge in [-0.2, -0.15) is 11.8 Å². The highest BCUT2D eigenvalue weighted by molar-refractivity contribution is 7.99. The highest BCUT2D eigenvalue weighted by Crippen LogP contribution is 2.28. The molecule has 0 radical (unpaired) electrons. The van der Waals surface area contributed by atoms with Gasteiger partial charge in [-0.3, -0.25) is 9.69 Å². The van der Waals surface area contributed by atoms with Crippen LogP contribution in [0.2, 0.25) is 0 Å². The van der Waals surface area contributed by atoms with Gasteiger partial charge in [-0.15, -0.1) is 0 Å². The summed E-state index contributed by atoms with van der Waals surface area (Å²) in [5, 5.41) is 9.45. The van der Waals surface area contributed by atoms with E-state index in [9.17, 15) is 4.79 Å². The zero-order valence-corrected chi connectivity index (χ0v) is 10.4. The van der Waals surface area contributed by atoms with Crippen molar-refractivity contribution in [2.75, 3.05) is 18.8 Å². The number of carbonyl (C=O) groups is 1. The zero-order valence-electron chi connectivity index (χ0n) is 9.61. The van der Waals surface area contributed by atoms with E-state index in [1.807, 2.05) is 11.8 Å². The molecule has 3 nitrogen and oxygen atoms in total. The summed E-state index contributed by atoms with van der Waals surface area (Å²) in [7, 11) is 0. The highest BCUT2D eigenvalue weighted by Gasteiger charge is 2.28. The Morgan fingerprint density at radius 2 is 2.33 bits per heavy atom. The van der Waals surface area contributed by atoms with Gasteiger partial charge in [0.25, 0.3) is 0 Å². The van der Waals surface area contributed by atoms with Crippen molar-refractivity contribution in [2.24, 2.45) is 0 Å². The van der Waals surface area contributed by atoms with Crippen molar-refractivity contribution in [3.8, 4) is 0 Å². The summed E-state index contributed by atoms with van der Waals surface area (Å²) >= 11 is 1.97. The maximum absolute atomic E-state index is 10.8. The van der Waals surface area contributed by atoms with Crippen molar-refractivity contribution in [3.63, 3.8) is 0 Å². The summed E-state index contributed by atoms with van der Waals surface area (Å²) in [6.45, 7) is 5.43. The van der Waals surface area contributed by atoms with Crippen molar-refractivity contribution in [3.05, 3.63) is 0 Å². The zero-order chi connectivity index (χ0) is 11.3. The second-order valence-corrected chi connectivity index (χ2v) is 5.63. The Hall–Kier alpha value is -0.220. The molecule has 1 fully saturated rings. The molecule has 0 amide bonds. The van der Waals surface area contributed by atoms with Crippen LogP contribution in [0.25, 0.3) is 0 Å². The van der Waals surface area contributed by atoms with Gasteiger partial charge in [0, 0.05) is 11.3 Å². The smallest absolute Gasteiger partial charge is 0.317 e. The Kier molecular flexibility index (Phi) is 5.47. The van der Waals surface area contributed by atoms with Gasteiger partial charge >= 0.3 is 5.97 Å². The van der Waals surface area contributed by atoms with E-state index < -0.39 is 5.97 Å². The molecule has 0 aliphatic carbocycles. The molecule has 0 bridgehead atoms. The van der Waals surface area contributed by atoms with E-state index in [2.05, 4.69) is 18.7 Å². The van der Waals surface area contributed by atoms with E-state index in [4.69, 9.17) is 5.11 Å². The van der Waals surface area contributed by atoms with E-state index in [1.54, 1.807) is 0 Å². The van der Waals surface area contributed by atoms with E-state index in [0.717, 1.165) is 19.4 Å². The van der Waals surface area contributed by atoms with Crippen LogP contribution < -0.4 is 0 Å². The molecule has 1 aliphatic rings. The molecule has 88 valence electrons. The summed E-state index contributed by atoms with van der Waals surface area (Å²) in [5.41, 5.74) is 0. The van der Waals surface area contributed by atoms with Gasteiger partial charge in [-0.1, -0.05) is 13.8 Å². The fourth-order valence-electron chi connectivity index (χ4n) is 2.21. The fourth-order valence-corrected chi connectivity index (χ4v) is 3.45. The SMILES string of the molecule is CCCN(CC(=O)O)C1CCCSC1C. The Morgan fingerprint density at radius 3 is 2.87 bits per heavy atom. The van der Waals surface area contributed by atoms with Crippen LogP contribution in [0.3, 0.4) is 0 Å². The van der Waals surface area contributed by atoms with Gasteiger partial charge in [-0.25, -0.2) is 0 Å². The second-order valence-electron chi connectivity index (χ2n) is 4.15. The van der Waals surface area contributed by atoms with Crippen LogP contribution in [0, 0.1) is 0 Å². The van der Waals surface area contributed by atoms with E-state index in [-0.39, 0.29) is 6.54 Å². The van der Waals surface area contributed by atoms with Gasteiger partial charge in [-0.05, 0) is 31.6 Å². The maximum Gasteiger partial charge on any atom is 0.317 e. The molecule has 1 heterocycles. The molecule has 0 spiro atoms. The third-order valence-electron chi connectivity index (χ3n) is 2.89. The van der Waals surface area contributed by atoms with Crippen LogP contribution >= 0.6 is 11.8 Å². The number of rotatable bonds is 5. The highest BCUT2D eigenvalue weighted by atomic mass is 32.2. The number of hydrogen-bond acceptors (Lipinski definition) is 3. The average Bonchev–Trinajstić information content (AvgIpc) is 2.17. The molecular formula is C11H21NO2S. The molecule has 1 saturated heterocycles. The van der Waals surface area contributed by atoms with E-state index in [0.29, 0.717) is 11.3 Å². The van der Waals surface area contributed by atoms with Gasteiger partial charge in [0.2, 0.25) is 0 Å². The number of nitrogens with zero attached hydrogens (tertiary/aromatic N) is 1. The van der Waals surface area contributed by atoms with E-state index >= 15 is 0 Å².